The van der Waals surface area contributed by atoms with Crippen molar-refractivity contribution in [3.05, 3.63) is 29.6 Å². The number of hydrogen-bond acceptors (Lipinski definition) is 5. The Morgan fingerprint density at radius 2 is 2.20 bits per heavy atom. The van der Waals surface area contributed by atoms with Crippen molar-refractivity contribution in [3.63, 3.8) is 0 Å². The summed E-state index contributed by atoms with van der Waals surface area (Å²) >= 11 is 0. The van der Waals surface area contributed by atoms with Crippen LogP contribution in [0.4, 0.5) is 5.82 Å². The Hall–Kier alpha value is -2.68. The fourth-order valence-electron chi connectivity index (χ4n) is 2.25. The maximum Gasteiger partial charge on any atom is 0.150 e. The molecular weight excluding hydrogens is 254 g/mol. The van der Waals surface area contributed by atoms with E-state index in [1.54, 1.807) is 12.1 Å². The molecule has 0 spiro atoms. The maximum absolute atomic E-state index is 9.14. The molecule has 0 saturated heterocycles. The number of nitrogens with two attached hydrogens (primary N) is 2. The van der Waals surface area contributed by atoms with Crippen molar-refractivity contribution >= 4 is 5.82 Å². The first-order chi connectivity index (χ1) is 9.65. The molecule has 4 N–H and O–H groups in total. The van der Waals surface area contributed by atoms with Crippen molar-refractivity contribution in [2.24, 2.45) is 0 Å². The number of anilines is 1. The first-order valence-corrected chi connectivity index (χ1v) is 6.37. The fraction of sp³-hybridized carbons (Fsp3) is 0.286. The topological polar surface area (TPSA) is 103 Å². The van der Waals surface area contributed by atoms with Gasteiger partial charge < -0.3 is 16.3 Å². The third-order valence-corrected chi connectivity index (χ3v) is 3.51. The second-order valence-corrected chi connectivity index (χ2v) is 4.87. The van der Waals surface area contributed by atoms with E-state index in [1.165, 1.54) is 11.8 Å². The molecule has 1 aromatic carbocycles. The van der Waals surface area contributed by atoms with Crippen LogP contribution in [0.5, 0.6) is 5.75 Å². The van der Waals surface area contributed by atoms with Gasteiger partial charge in [-0.2, -0.15) is 5.26 Å². The lowest BCUT2D eigenvalue weighted by Gasteiger charge is -2.05. The minimum atomic E-state index is 0.407. The average molecular weight is 269 g/mol. The second kappa shape index (κ2) is 4.46. The number of nitrogens with zero attached hydrogens (tertiary/aromatic N) is 3. The number of benzene rings is 1. The van der Waals surface area contributed by atoms with Crippen LogP contribution < -0.4 is 16.3 Å². The quantitative estimate of drug-likeness (QED) is 0.824. The van der Waals surface area contributed by atoms with Gasteiger partial charge in [-0.3, -0.25) is 0 Å². The molecule has 102 valence electrons. The van der Waals surface area contributed by atoms with Gasteiger partial charge in [0, 0.05) is 11.5 Å². The van der Waals surface area contributed by atoms with Crippen molar-refractivity contribution in [2.75, 3.05) is 18.7 Å². The van der Waals surface area contributed by atoms with E-state index in [4.69, 9.17) is 21.6 Å². The van der Waals surface area contributed by atoms with E-state index in [2.05, 4.69) is 11.1 Å². The third kappa shape index (κ3) is 1.84. The van der Waals surface area contributed by atoms with Crippen molar-refractivity contribution in [2.45, 2.75) is 18.8 Å². The Balaban J connectivity index is 2.09. The van der Waals surface area contributed by atoms with Gasteiger partial charge in [-0.05, 0) is 31.0 Å². The zero-order valence-corrected chi connectivity index (χ0v) is 11.1. The highest BCUT2D eigenvalue weighted by Crippen LogP contribution is 2.41. The van der Waals surface area contributed by atoms with Gasteiger partial charge >= 0.3 is 0 Å². The predicted molar refractivity (Wildman–Crippen MR) is 75.5 cm³/mol. The van der Waals surface area contributed by atoms with Crippen LogP contribution in [0.25, 0.3) is 11.3 Å². The molecule has 1 aliphatic rings. The number of ether oxygens (including phenoxy) is 1. The summed E-state index contributed by atoms with van der Waals surface area (Å²) in [5, 5.41) is 9.14. The smallest absolute Gasteiger partial charge is 0.150 e. The normalized spacial score (nSPS) is 14.0. The predicted octanol–water partition coefficient (Wildman–Crippen LogP) is 1.60. The van der Waals surface area contributed by atoms with Gasteiger partial charge in [0.05, 0.1) is 12.7 Å². The van der Waals surface area contributed by atoms with E-state index < -0.39 is 0 Å². The Labute approximate surface area is 116 Å². The highest BCUT2D eigenvalue weighted by Gasteiger charge is 2.30. The zero-order chi connectivity index (χ0) is 14.3. The zero-order valence-electron chi connectivity index (χ0n) is 11.1. The van der Waals surface area contributed by atoms with E-state index >= 15 is 0 Å². The van der Waals surface area contributed by atoms with Gasteiger partial charge in [0.2, 0.25) is 0 Å². The van der Waals surface area contributed by atoms with E-state index in [-0.39, 0.29) is 0 Å². The molecule has 1 aromatic heterocycles. The molecular formula is C14H15N5O. The highest BCUT2D eigenvalue weighted by atomic mass is 16.5. The summed E-state index contributed by atoms with van der Waals surface area (Å²) in [5.74, 6) is 8.12. The van der Waals surface area contributed by atoms with Gasteiger partial charge in [-0.15, -0.1) is 0 Å². The van der Waals surface area contributed by atoms with Crippen molar-refractivity contribution in [3.8, 4) is 23.1 Å². The summed E-state index contributed by atoms with van der Waals surface area (Å²) in [4.78, 5) is 4.54. The van der Waals surface area contributed by atoms with Crippen LogP contribution in [0.3, 0.4) is 0 Å². The van der Waals surface area contributed by atoms with Crippen molar-refractivity contribution < 1.29 is 4.74 Å². The largest absolute Gasteiger partial charge is 0.495 e. The number of methoxy groups -OCH3 is 1. The first kappa shape index (κ1) is 12.4. The van der Waals surface area contributed by atoms with E-state index in [9.17, 15) is 0 Å². The standard InChI is InChI=1S/C14H15N5O/c1-20-11-5-4-9(6-10(11)7-15)12-13(16)19(17)14(18-12)8-2-3-8/h4-6,8H,2-3,16-17H2,1H3. The lowest BCUT2D eigenvalue weighted by molar-refractivity contribution is 0.413. The molecule has 0 atom stereocenters. The molecule has 0 aliphatic heterocycles. The van der Waals surface area contributed by atoms with Crippen LogP contribution in [-0.2, 0) is 0 Å². The van der Waals surface area contributed by atoms with Gasteiger partial charge in [0.25, 0.3) is 0 Å². The lowest BCUT2D eigenvalue weighted by atomic mass is 10.1. The molecule has 1 heterocycles. The number of nitriles is 1. The molecule has 3 rings (SSSR count). The van der Waals surface area contributed by atoms with Gasteiger partial charge in [-0.25, -0.2) is 9.66 Å². The molecule has 6 nitrogen and oxygen atoms in total. The molecule has 2 aromatic rings. The molecule has 20 heavy (non-hydrogen) atoms. The monoisotopic (exact) mass is 269 g/mol. The van der Waals surface area contributed by atoms with E-state index in [0.717, 1.165) is 24.2 Å². The van der Waals surface area contributed by atoms with E-state index in [0.29, 0.717) is 28.7 Å². The summed E-state index contributed by atoms with van der Waals surface area (Å²) in [6.45, 7) is 0. The van der Waals surface area contributed by atoms with E-state index in [1.807, 2.05) is 6.07 Å². The highest BCUT2D eigenvalue weighted by molar-refractivity contribution is 5.73. The molecule has 6 heteroatoms. The summed E-state index contributed by atoms with van der Waals surface area (Å²) in [6, 6.07) is 7.38. The summed E-state index contributed by atoms with van der Waals surface area (Å²) < 4.78 is 6.58. The molecule has 0 amide bonds. The molecule has 1 fully saturated rings. The number of aromatic nitrogens is 2. The molecule has 0 radical (unpaired) electrons. The van der Waals surface area contributed by atoms with Crippen LogP contribution in [0.1, 0.15) is 30.1 Å². The van der Waals surface area contributed by atoms with Crippen LogP contribution in [-0.4, -0.2) is 16.8 Å². The summed E-state index contributed by atoms with van der Waals surface area (Å²) in [5.41, 5.74) is 7.86. The van der Waals surface area contributed by atoms with Crippen LogP contribution in [0.2, 0.25) is 0 Å². The number of hydrogen-bond donors (Lipinski definition) is 2. The number of nitrogen functional groups attached to an aromatic ring is 2. The Bertz CT molecular complexity index is 709. The fourth-order valence-corrected chi connectivity index (χ4v) is 2.25. The Morgan fingerprint density at radius 1 is 1.45 bits per heavy atom. The summed E-state index contributed by atoms with van der Waals surface area (Å²) in [6.07, 6.45) is 2.19. The first-order valence-electron chi connectivity index (χ1n) is 6.37. The third-order valence-electron chi connectivity index (χ3n) is 3.51. The minimum absolute atomic E-state index is 0.407. The maximum atomic E-state index is 9.14. The minimum Gasteiger partial charge on any atom is -0.495 e. The number of imidazole rings is 1. The molecule has 1 aliphatic carbocycles. The SMILES string of the molecule is COc1ccc(-c2nc(C3CC3)n(N)c2N)cc1C#N. The average Bonchev–Trinajstić information content (AvgIpc) is 3.27. The second-order valence-electron chi connectivity index (χ2n) is 4.87. The lowest BCUT2D eigenvalue weighted by Crippen LogP contribution is -2.14. The van der Waals surface area contributed by atoms with Crippen LogP contribution in [0.15, 0.2) is 18.2 Å². The Morgan fingerprint density at radius 3 is 2.80 bits per heavy atom. The molecule has 0 bridgehead atoms. The van der Waals surface area contributed by atoms with Crippen LogP contribution >= 0.6 is 0 Å². The summed E-state index contributed by atoms with van der Waals surface area (Å²) in [7, 11) is 1.53. The molecule has 0 unspecified atom stereocenters. The van der Waals surface area contributed by atoms with Crippen molar-refractivity contribution in [1.82, 2.24) is 9.66 Å². The van der Waals surface area contributed by atoms with Crippen molar-refractivity contribution in [1.29, 1.82) is 5.26 Å². The number of rotatable bonds is 3. The van der Waals surface area contributed by atoms with Gasteiger partial charge in [0.1, 0.15) is 23.3 Å². The van der Waals surface area contributed by atoms with Gasteiger partial charge in [0.15, 0.2) is 5.82 Å². The Kier molecular flexibility index (Phi) is 2.75. The molecule has 1 saturated carbocycles. The van der Waals surface area contributed by atoms with Gasteiger partial charge in [-0.1, -0.05) is 0 Å². The van der Waals surface area contributed by atoms with Crippen LogP contribution in [0, 0.1) is 11.3 Å².